The van der Waals surface area contributed by atoms with E-state index in [4.69, 9.17) is 0 Å². The number of H-pyrrole nitrogens is 1. The summed E-state index contributed by atoms with van der Waals surface area (Å²) in [6.07, 6.45) is 0.483. The predicted octanol–water partition coefficient (Wildman–Crippen LogP) is 0.361. The Morgan fingerprint density at radius 2 is 2.38 bits per heavy atom. The van der Waals surface area contributed by atoms with Gasteiger partial charge in [-0.3, -0.25) is 14.5 Å². The van der Waals surface area contributed by atoms with Crippen LogP contribution < -0.4 is 10.5 Å². The van der Waals surface area contributed by atoms with E-state index < -0.39 is 0 Å². The standard InChI is InChI=1S/C10H13N3O2S/c1-6-11-8(3-9(14)12-6)13-4-7(5-16)2-10(13)15/h3,7,16H,2,4-5H2,1H3,(H,11,12,14). The van der Waals surface area contributed by atoms with E-state index in [0.717, 1.165) is 0 Å². The molecular weight excluding hydrogens is 226 g/mol. The summed E-state index contributed by atoms with van der Waals surface area (Å²) < 4.78 is 0. The lowest BCUT2D eigenvalue weighted by molar-refractivity contribution is -0.117. The van der Waals surface area contributed by atoms with Gasteiger partial charge in [0.1, 0.15) is 11.6 Å². The van der Waals surface area contributed by atoms with Gasteiger partial charge in [0.05, 0.1) is 0 Å². The van der Waals surface area contributed by atoms with Crippen molar-refractivity contribution < 1.29 is 4.79 Å². The Labute approximate surface area is 98.3 Å². The number of anilines is 1. The molecule has 2 heterocycles. The van der Waals surface area contributed by atoms with Crippen LogP contribution in [0.3, 0.4) is 0 Å². The van der Waals surface area contributed by atoms with E-state index in [1.165, 1.54) is 6.07 Å². The van der Waals surface area contributed by atoms with Gasteiger partial charge in [-0.25, -0.2) is 4.98 Å². The van der Waals surface area contributed by atoms with Crippen LogP contribution in [-0.2, 0) is 4.79 Å². The highest BCUT2D eigenvalue weighted by atomic mass is 32.1. The highest BCUT2D eigenvalue weighted by molar-refractivity contribution is 7.80. The number of rotatable bonds is 2. The number of aromatic nitrogens is 2. The number of nitrogens with zero attached hydrogens (tertiary/aromatic N) is 2. The van der Waals surface area contributed by atoms with E-state index >= 15 is 0 Å². The van der Waals surface area contributed by atoms with Crippen LogP contribution in [0.1, 0.15) is 12.2 Å². The summed E-state index contributed by atoms with van der Waals surface area (Å²) >= 11 is 4.18. The van der Waals surface area contributed by atoms with Crippen molar-refractivity contribution >= 4 is 24.4 Å². The van der Waals surface area contributed by atoms with Gasteiger partial charge in [0.25, 0.3) is 5.56 Å². The molecule has 0 spiro atoms. The third kappa shape index (κ3) is 2.11. The van der Waals surface area contributed by atoms with Crippen LogP contribution in [0.5, 0.6) is 0 Å². The lowest BCUT2D eigenvalue weighted by Crippen LogP contribution is -2.27. The van der Waals surface area contributed by atoms with Gasteiger partial charge < -0.3 is 4.98 Å². The fraction of sp³-hybridized carbons (Fsp3) is 0.500. The monoisotopic (exact) mass is 239 g/mol. The maximum atomic E-state index is 11.7. The van der Waals surface area contributed by atoms with E-state index in [0.29, 0.717) is 30.4 Å². The Bertz CT molecular complexity index is 471. The molecule has 1 fully saturated rings. The second kappa shape index (κ2) is 4.29. The van der Waals surface area contributed by atoms with E-state index in [-0.39, 0.29) is 17.4 Å². The van der Waals surface area contributed by atoms with Gasteiger partial charge in [-0.2, -0.15) is 12.6 Å². The molecule has 1 unspecified atom stereocenters. The number of hydrogen-bond acceptors (Lipinski definition) is 4. The number of amides is 1. The minimum atomic E-state index is -0.232. The zero-order chi connectivity index (χ0) is 11.7. The summed E-state index contributed by atoms with van der Waals surface area (Å²) in [5.41, 5.74) is -0.232. The Hall–Kier alpha value is -1.30. The second-order valence-corrected chi connectivity index (χ2v) is 4.31. The Balaban J connectivity index is 2.31. The molecule has 0 radical (unpaired) electrons. The predicted molar refractivity (Wildman–Crippen MR) is 63.9 cm³/mol. The van der Waals surface area contributed by atoms with E-state index in [9.17, 15) is 9.59 Å². The molecule has 86 valence electrons. The van der Waals surface area contributed by atoms with Gasteiger partial charge in [-0.1, -0.05) is 0 Å². The highest BCUT2D eigenvalue weighted by Crippen LogP contribution is 2.23. The molecule has 0 saturated carbocycles. The molecule has 1 aromatic heterocycles. The number of carbonyl (C=O) groups excluding carboxylic acids is 1. The Morgan fingerprint density at radius 1 is 1.62 bits per heavy atom. The summed E-state index contributed by atoms with van der Waals surface area (Å²) in [7, 11) is 0. The average Bonchev–Trinajstić information content (AvgIpc) is 2.58. The van der Waals surface area contributed by atoms with E-state index in [1.807, 2.05) is 0 Å². The summed E-state index contributed by atoms with van der Waals surface area (Å²) in [6.45, 7) is 2.29. The molecule has 1 atom stereocenters. The van der Waals surface area contributed by atoms with Gasteiger partial charge in [-0.15, -0.1) is 0 Å². The van der Waals surface area contributed by atoms with Gasteiger partial charge >= 0.3 is 0 Å². The van der Waals surface area contributed by atoms with Gasteiger partial charge in [-0.05, 0) is 18.6 Å². The van der Waals surface area contributed by atoms with E-state index in [1.54, 1.807) is 11.8 Å². The van der Waals surface area contributed by atoms with Gasteiger partial charge in [0.2, 0.25) is 5.91 Å². The summed E-state index contributed by atoms with van der Waals surface area (Å²) in [5, 5.41) is 0. The summed E-state index contributed by atoms with van der Waals surface area (Å²) in [5.74, 6) is 1.89. The Kier molecular flexibility index (Phi) is 3.00. The minimum absolute atomic E-state index is 0.0107. The van der Waals surface area contributed by atoms with Crippen LogP contribution >= 0.6 is 12.6 Å². The largest absolute Gasteiger partial charge is 0.311 e. The van der Waals surface area contributed by atoms with Gasteiger partial charge in [0, 0.05) is 19.0 Å². The molecule has 1 aliphatic rings. The topological polar surface area (TPSA) is 66.1 Å². The fourth-order valence-electron chi connectivity index (χ4n) is 1.83. The molecule has 16 heavy (non-hydrogen) atoms. The molecule has 1 aromatic rings. The Morgan fingerprint density at radius 3 is 2.94 bits per heavy atom. The van der Waals surface area contributed by atoms with Crippen LogP contribution in [0.4, 0.5) is 5.82 Å². The van der Waals surface area contributed by atoms with Crippen LogP contribution in [0.2, 0.25) is 0 Å². The first-order valence-electron chi connectivity index (χ1n) is 5.09. The summed E-state index contributed by atoms with van der Waals surface area (Å²) in [6, 6.07) is 1.35. The van der Waals surface area contributed by atoms with Crippen molar-refractivity contribution in [3.05, 3.63) is 22.2 Å². The van der Waals surface area contributed by atoms with Crippen LogP contribution in [0, 0.1) is 12.8 Å². The van der Waals surface area contributed by atoms with Crippen LogP contribution in [0.25, 0.3) is 0 Å². The third-order valence-electron chi connectivity index (χ3n) is 2.59. The van der Waals surface area contributed by atoms with Crippen LogP contribution in [0.15, 0.2) is 10.9 Å². The quantitative estimate of drug-likeness (QED) is 0.732. The molecule has 0 aromatic carbocycles. The SMILES string of the molecule is Cc1nc(N2CC(CS)CC2=O)cc(=O)[nH]1. The lowest BCUT2D eigenvalue weighted by Gasteiger charge is -2.14. The molecule has 5 nitrogen and oxygen atoms in total. The number of thiol groups is 1. The first kappa shape index (κ1) is 11.2. The number of aromatic amines is 1. The number of hydrogen-bond donors (Lipinski definition) is 2. The second-order valence-electron chi connectivity index (χ2n) is 3.95. The maximum absolute atomic E-state index is 11.7. The molecule has 1 amide bonds. The molecule has 1 N–H and O–H groups in total. The summed E-state index contributed by atoms with van der Waals surface area (Å²) in [4.78, 5) is 31.3. The lowest BCUT2D eigenvalue weighted by atomic mass is 10.1. The first-order valence-corrected chi connectivity index (χ1v) is 5.72. The molecule has 6 heteroatoms. The van der Waals surface area contributed by atoms with Crippen molar-refractivity contribution in [2.45, 2.75) is 13.3 Å². The normalized spacial score (nSPS) is 20.5. The third-order valence-corrected chi connectivity index (χ3v) is 3.10. The zero-order valence-corrected chi connectivity index (χ0v) is 9.83. The molecular formula is C10H13N3O2S. The molecule has 0 bridgehead atoms. The average molecular weight is 239 g/mol. The van der Waals surface area contributed by atoms with Crippen molar-refractivity contribution in [2.75, 3.05) is 17.2 Å². The number of carbonyl (C=O) groups is 1. The molecule has 2 rings (SSSR count). The van der Waals surface area contributed by atoms with Crippen molar-refractivity contribution in [3.63, 3.8) is 0 Å². The van der Waals surface area contributed by atoms with Gasteiger partial charge in [0.15, 0.2) is 0 Å². The van der Waals surface area contributed by atoms with Crippen molar-refractivity contribution in [2.24, 2.45) is 5.92 Å². The van der Waals surface area contributed by atoms with E-state index in [2.05, 4.69) is 22.6 Å². The number of aryl methyl sites for hydroxylation is 1. The van der Waals surface area contributed by atoms with Crippen LogP contribution in [-0.4, -0.2) is 28.2 Å². The smallest absolute Gasteiger partial charge is 0.252 e. The maximum Gasteiger partial charge on any atom is 0.252 e. The highest BCUT2D eigenvalue weighted by Gasteiger charge is 2.30. The zero-order valence-electron chi connectivity index (χ0n) is 8.93. The molecule has 1 saturated heterocycles. The fourth-order valence-corrected chi connectivity index (χ4v) is 2.07. The van der Waals surface area contributed by atoms with Crippen molar-refractivity contribution in [1.82, 2.24) is 9.97 Å². The van der Waals surface area contributed by atoms with Crippen molar-refractivity contribution in [3.8, 4) is 0 Å². The first-order chi connectivity index (χ1) is 7.60. The molecule has 1 aliphatic heterocycles. The molecule has 0 aliphatic carbocycles. The minimum Gasteiger partial charge on any atom is -0.311 e. The number of nitrogens with one attached hydrogen (secondary N) is 1. The van der Waals surface area contributed by atoms with Crippen molar-refractivity contribution in [1.29, 1.82) is 0 Å².